The van der Waals surface area contributed by atoms with Crippen molar-refractivity contribution in [1.82, 2.24) is 9.88 Å². The van der Waals surface area contributed by atoms with Gasteiger partial charge < -0.3 is 10.4 Å². The average Bonchev–Trinajstić information content (AvgIpc) is 2.89. The van der Waals surface area contributed by atoms with Gasteiger partial charge in [0.1, 0.15) is 0 Å². The second-order valence-corrected chi connectivity index (χ2v) is 5.61. The lowest BCUT2D eigenvalue weighted by atomic mass is 9.90. The summed E-state index contributed by atoms with van der Waals surface area (Å²) in [7, 11) is 0. The van der Waals surface area contributed by atoms with Crippen molar-refractivity contribution in [2.24, 2.45) is 5.41 Å². The molecule has 0 saturated carbocycles. The summed E-state index contributed by atoms with van der Waals surface area (Å²) in [6.07, 6.45) is 2.20. The molecule has 0 aliphatic carbocycles. The Balaban J connectivity index is 1.85. The van der Waals surface area contributed by atoms with Crippen LogP contribution in [-0.4, -0.2) is 46.5 Å². The summed E-state index contributed by atoms with van der Waals surface area (Å²) in [4.78, 5) is 28.6. The van der Waals surface area contributed by atoms with Crippen LogP contribution in [0.4, 0.5) is 5.13 Å². The van der Waals surface area contributed by atoms with Crippen LogP contribution in [0, 0.1) is 5.41 Å². The van der Waals surface area contributed by atoms with Crippen molar-refractivity contribution < 1.29 is 14.7 Å². The Labute approximate surface area is 109 Å². The van der Waals surface area contributed by atoms with E-state index in [-0.39, 0.29) is 12.5 Å². The van der Waals surface area contributed by atoms with Crippen LogP contribution in [0.2, 0.25) is 0 Å². The molecule has 2 N–H and O–H groups in total. The number of carbonyl (C=O) groups excluding carboxylic acids is 1. The van der Waals surface area contributed by atoms with Crippen LogP contribution >= 0.6 is 11.3 Å². The van der Waals surface area contributed by atoms with Gasteiger partial charge in [0.2, 0.25) is 5.91 Å². The highest BCUT2D eigenvalue weighted by molar-refractivity contribution is 7.13. The van der Waals surface area contributed by atoms with Crippen molar-refractivity contribution in [3.63, 3.8) is 0 Å². The van der Waals surface area contributed by atoms with Gasteiger partial charge in [-0.25, -0.2) is 4.98 Å². The summed E-state index contributed by atoms with van der Waals surface area (Å²) in [5.74, 6) is -0.954. The summed E-state index contributed by atoms with van der Waals surface area (Å²) in [6, 6.07) is 0. The van der Waals surface area contributed by atoms with E-state index in [9.17, 15) is 9.59 Å². The third-order valence-corrected chi connectivity index (χ3v) is 3.80. The third kappa shape index (κ3) is 2.85. The number of hydrogen-bond donors (Lipinski definition) is 2. The van der Waals surface area contributed by atoms with Crippen molar-refractivity contribution in [3.8, 4) is 0 Å². The van der Waals surface area contributed by atoms with Gasteiger partial charge in [-0.15, -0.1) is 11.3 Å². The molecule has 1 aliphatic rings. The average molecular weight is 269 g/mol. The zero-order chi connectivity index (χ0) is 13.2. The largest absolute Gasteiger partial charge is 0.481 e. The number of carboxylic acids is 1. The predicted octanol–water partition coefficient (Wildman–Crippen LogP) is 0.878. The number of nitrogens with one attached hydrogen (secondary N) is 1. The lowest BCUT2D eigenvalue weighted by Gasteiger charge is -2.19. The van der Waals surface area contributed by atoms with Gasteiger partial charge in [-0.1, -0.05) is 0 Å². The first-order chi connectivity index (χ1) is 8.49. The number of likely N-dealkylation sites (tertiary alicyclic amines) is 1. The first kappa shape index (κ1) is 13.0. The van der Waals surface area contributed by atoms with Crippen LogP contribution < -0.4 is 5.32 Å². The fourth-order valence-corrected chi connectivity index (χ4v) is 2.56. The highest BCUT2D eigenvalue weighted by Gasteiger charge is 2.40. The number of rotatable bonds is 4. The van der Waals surface area contributed by atoms with Gasteiger partial charge in [0.25, 0.3) is 0 Å². The van der Waals surface area contributed by atoms with Crippen LogP contribution in [-0.2, 0) is 9.59 Å². The number of thiazole rings is 1. The van der Waals surface area contributed by atoms with E-state index in [1.54, 1.807) is 18.5 Å². The monoisotopic (exact) mass is 269 g/mol. The second kappa shape index (κ2) is 5.03. The highest BCUT2D eigenvalue weighted by atomic mass is 32.1. The minimum absolute atomic E-state index is 0.153. The molecule has 0 aromatic carbocycles. The van der Waals surface area contributed by atoms with Crippen LogP contribution in [0.15, 0.2) is 11.6 Å². The molecule has 18 heavy (non-hydrogen) atoms. The lowest BCUT2D eigenvalue weighted by molar-refractivity contribution is -0.147. The van der Waals surface area contributed by atoms with E-state index in [2.05, 4.69) is 10.3 Å². The number of anilines is 1. The number of carbonyl (C=O) groups is 2. The summed E-state index contributed by atoms with van der Waals surface area (Å²) in [5.41, 5.74) is -0.735. The summed E-state index contributed by atoms with van der Waals surface area (Å²) >= 11 is 1.36. The molecular weight excluding hydrogens is 254 g/mol. The molecular formula is C11H15N3O3S. The van der Waals surface area contributed by atoms with Crippen LogP contribution in [0.25, 0.3) is 0 Å². The molecule has 1 aromatic heterocycles. The van der Waals surface area contributed by atoms with E-state index >= 15 is 0 Å². The molecule has 0 radical (unpaired) electrons. The van der Waals surface area contributed by atoms with Gasteiger partial charge in [0.15, 0.2) is 5.13 Å². The zero-order valence-electron chi connectivity index (χ0n) is 10.0. The van der Waals surface area contributed by atoms with Crippen molar-refractivity contribution in [3.05, 3.63) is 11.6 Å². The summed E-state index contributed by atoms with van der Waals surface area (Å²) in [6.45, 7) is 2.97. The van der Waals surface area contributed by atoms with E-state index in [0.717, 1.165) is 0 Å². The van der Waals surface area contributed by atoms with Crippen molar-refractivity contribution in [2.75, 3.05) is 25.0 Å². The molecule has 1 unspecified atom stereocenters. The fourth-order valence-electron chi connectivity index (χ4n) is 2.01. The minimum atomic E-state index is -0.801. The predicted molar refractivity (Wildman–Crippen MR) is 67.5 cm³/mol. The van der Waals surface area contributed by atoms with E-state index in [1.807, 2.05) is 4.90 Å². The molecule has 6 nitrogen and oxygen atoms in total. The second-order valence-electron chi connectivity index (χ2n) is 4.71. The van der Waals surface area contributed by atoms with Gasteiger partial charge in [-0.2, -0.15) is 0 Å². The molecule has 0 spiro atoms. The van der Waals surface area contributed by atoms with Gasteiger partial charge in [-0.3, -0.25) is 14.5 Å². The Bertz CT molecular complexity index is 448. The quantitative estimate of drug-likeness (QED) is 0.847. The number of hydrogen-bond acceptors (Lipinski definition) is 5. The molecule has 2 heterocycles. The van der Waals surface area contributed by atoms with E-state index < -0.39 is 11.4 Å². The summed E-state index contributed by atoms with van der Waals surface area (Å²) in [5, 5.41) is 14.1. The standard InChI is InChI=1S/C11H15N3O3S/c1-11(9(16)17)2-4-14(7-11)6-8(15)13-10-12-3-5-18-10/h3,5H,2,4,6-7H2,1H3,(H,16,17)(H,12,13,15). The Morgan fingerprint density at radius 3 is 3.00 bits per heavy atom. The van der Waals surface area contributed by atoms with Gasteiger partial charge >= 0.3 is 5.97 Å². The Morgan fingerprint density at radius 1 is 1.67 bits per heavy atom. The molecule has 1 amide bonds. The molecule has 98 valence electrons. The van der Waals surface area contributed by atoms with E-state index in [4.69, 9.17) is 5.11 Å². The van der Waals surface area contributed by atoms with Gasteiger partial charge in [0, 0.05) is 18.1 Å². The zero-order valence-corrected chi connectivity index (χ0v) is 10.9. The molecule has 2 rings (SSSR count). The Morgan fingerprint density at radius 2 is 2.44 bits per heavy atom. The first-order valence-corrected chi connectivity index (χ1v) is 6.53. The number of aliphatic carboxylic acids is 1. The van der Waals surface area contributed by atoms with Gasteiger partial charge in [-0.05, 0) is 19.9 Å². The van der Waals surface area contributed by atoms with E-state index in [0.29, 0.717) is 24.6 Å². The molecule has 1 atom stereocenters. The van der Waals surface area contributed by atoms with E-state index in [1.165, 1.54) is 11.3 Å². The van der Waals surface area contributed by atoms with Crippen molar-refractivity contribution in [2.45, 2.75) is 13.3 Å². The van der Waals surface area contributed by atoms with Crippen LogP contribution in [0.5, 0.6) is 0 Å². The fraction of sp³-hybridized carbons (Fsp3) is 0.545. The first-order valence-electron chi connectivity index (χ1n) is 5.65. The van der Waals surface area contributed by atoms with Gasteiger partial charge in [0.05, 0.1) is 12.0 Å². The molecule has 1 fully saturated rings. The number of amides is 1. The Kier molecular flexibility index (Phi) is 3.63. The topological polar surface area (TPSA) is 82.5 Å². The van der Waals surface area contributed by atoms with Crippen LogP contribution in [0.1, 0.15) is 13.3 Å². The normalized spacial score (nSPS) is 24.1. The maximum absolute atomic E-state index is 11.7. The highest BCUT2D eigenvalue weighted by Crippen LogP contribution is 2.29. The minimum Gasteiger partial charge on any atom is -0.481 e. The summed E-state index contributed by atoms with van der Waals surface area (Å²) < 4.78 is 0. The lowest BCUT2D eigenvalue weighted by Crippen LogP contribution is -2.35. The molecule has 0 bridgehead atoms. The molecule has 1 aromatic rings. The molecule has 7 heteroatoms. The smallest absolute Gasteiger partial charge is 0.310 e. The number of nitrogens with zero attached hydrogens (tertiary/aromatic N) is 2. The molecule has 1 aliphatic heterocycles. The SMILES string of the molecule is CC1(C(=O)O)CCN(CC(=O)Nc2nccs2)C1. The van der Waals surface area contributed by atoms with Crippen LogP contribution in [0.3, 0.4) is 0 Å². The number of carboxylic acid groups (broad SMARTS) is 1. The third-order valence-electron chi connectivity index (χ3n) is 3.11. The van der Waals surface area contributed by atoms with Crippen molar-refractivity contribution >= 4 is 28.3 Å². The maximum atomic E-state index is 11.7. The Hall–Kier alpha value is -1.47. The maximum Gasteiger partial charge on any atom is 0.310 e. The number of aromatic nitrogens is 1. The molecule has 1 saturated heterocycles. The van der Waals surface area contributed by atoms with Crippen molar-refractivity contribution in [1.29, 1.82) is 0 Å².